The fourth-order valence-electron chi connectivity index (χ4n) is 5.62. The molecule has 1 saturated heterocycles. The van der Waals surface area contributed by atoms with Crippen LogP contribution in [0.25, 0.3) is 0 Å². The number of methoxy groups -OCH3 is 1. The summed E-state index contributed by atoms with van der Waals surface area (Å²) in [6, 6.07) is 9.94. The Hall–Kier alpha value is -2.30. The first-order chi connectivity index (χ1) is 18.0. The molecule has 1 N–H and O–H groups in total. The van der Waals surface area contributed by atoms with E-state index in [1.54, 1.807) is 7.11 Å². The van der Waals surface area contributed by atoms with Crippen molar-refractivity contribution in [3.05, 3.63) is 64.7 Å². The minimum absolute atomic E-state index is 0.0530. The summed E-state index contributed by atoms with van der Waals surface area (Å²) in [5, 5.41) is 3.14. The van der Waals surface area contributed by atoms with Gasteiger partial charge in [0.15, 0.2) is 0 Å². The van der Waals surface area contributed by atoms with Gasteiger partial charge in [-0.3, -0.25) is 9.80 Å². The maximum Gasteiger partial charge on any atom is 0.416 e. The highest BCUT2D eigenvalue weighted by Crippen LogP contribution is 2.36. The monoisotopic (exact) mass is 543 g/mol. The van der Waals surface area contributed by atoms with Crippen molar-refractivity contribution in [3.63, 3.8) is 0 Å². The first kappa shape index (κ1) is 28.7. The number of hydrogen-bond acceptors (Lipinski definition) is 4. The molecule has 2 fully saturated rings. The Morgan fingerprint density at radius 3 is 1.95 bits per heavy atom. The first-order valence-corrected chi connectivity index (χ1v) is 13.2. The highest BCUT2D eigenvalue weighted by Gasteiger charge is 2.37. The molecule has 210 valence electrons. The SMILES string of the molecule is COc1ccc(C(CNCc2cc(C(F)(F)F)cc(C(F)(F)F)c2)N2CCN(C3CCCCC3)CC2)cc1. The van der Waals surface area contributed by atoms with Crippen molar-refractivity contribution in [1.29, 1.82) is 0 Å². The van der Waals surface area contributed by atoms with Gasteiger partial charge in [0, 0.05) is 51.4 Å². The van der Waals surface area contributed by atoms with Crippen LogP contribution in [0.4, 0.5) is 26.3 Å². The quantitative estimate of drug-likeness (QED) is 0.384. The van der Waals surface area contributed by atoms with Crippen molar-refractivity contribution in [1.82, 2.24) is 15.1 Å². The molecule has 1 saturated carbocycles. The standard InChI is InChI=1S/C28H35F6N3O/c1-38-25-9-7-21(8-10-25)26(37-13-11-36(12-14-37)24-5-3-2-4-6-24)19-35-18-20-15-22(27(29,30)31)17-23(16-20)28(32,33)34/h7-10,15-17,24,26,35H,2-6,11-14,18-19H2,1H3. The van der Waals surface area contributed by atoms with Crippen LogP contribution in [0.3, 0.4) is 0 Å². The fourth-order valence-corrected chi connectivity index (χ4v) is 5.62. The average Bonchev–Trinajstić information content (AvgIpc) is 2.91. The Morgan fingerprint density at radius 2 is 1.42 bits per heavy atom. The van der Waals surface area contributed by atoms with E-state index < -0.39 is 23.5 Å². The van der Waals surface area contributed by atoms with Crippen LogP contribution in [0.5, 0.6) is 5.75 Å². The molecule has 0 aromatic heterocycles. The van der Waals surface area contributed by atoms with Gasteiger partial charge in [-0.15, -0.1) is 0 Å². The molecule has 1 aliphatic carbocycles. The number of nitrogens with one attached hydrogen (secondary N) is 1. The van der Waals surface area contributed by atoms with Crippen LogP contribution in [0.15, 0.2) is 42.5 Å². The molecular weight excluding hydrogens is 508 g/mol. The van der Waals surface area contributed by atoms with E-state index in [-0.39, 0.29) is 24.2 Å². The smallest absolute Gasteiger partial charge is 0.416 e. The van der Waals surface area contributed by atoms with Crippen LogP contribution in [-0.4, -0.2) is 55.7 Å². The summed E-state index contributed by atoms with van der Waals surface area (Å²) in [5.74, 6) is 0.714. The Morgan fingerprint density at radius 1 is 0.842 bits per heavy atom. The third-order valence-electron chi connectivity index (χ3n) is 7.70. The largest absolute Gasteiger partial charge is 0.497 e. The van der Waals surface area contributed by atoms with Crippen molar-refractivity contribution in [3.8, 4) is 5.75 Å². The molecule has 0 radical (unpaired) electrons. The second-order valence-electron chi connectivity index (χ2n) is 10.2. The molecule has 0 spiro atoms. The maximum atomic E-state index is 13.3. The lowest BCUT2D eigenvalue weighted by molar-refractivity contribution is -0.143. The van der Waals surface area contributed by atoms with E-state index in [1.165, 1.54) is 32.1 Å². The number of rotatable bonds is 8. The molecule has 1 unspecified atom stereocenters. The zero-order valence-corrected chi connectivity index (χ0v) is 21.5. The number of alkyl halides is 6. The highest BCUT2D eigenvalue weighted by molar-refractivity contribution is 5.34. The van der Waals surface area contributed by atoms with Gasteiger partial charge in [0.1, 0.15) is 5.75 Å². The second-order valence-corrected chi connectivity index (χ2v) is 10.2. The van der Waals surface area contributed by atoms with Crippen LogP contribution in [0.2, 0.25) is 0 Å². The van der Waals surface area contributed by atoms with Gasteiger partial charge in [0.05, 0.1) is 18.2 Å². The molecule has 2 aromatic rings. The normalized spacial score (nSPS) is 19.4. The van der Waals surface area contributed by atoms with E-state index in [0.29, 0.717) is 18.3 Å². The maximum absolute atomic E-state index is 13.3. The van der Waals surface area contributed by atoms with Crippen molar-refractivity contribution in [2.24, 2.45) is 0 Å². The van der Waals surface area contributed by atoms with Gasteiger partial charge in [0.25, 0.3) is 0 Å². The predicted molar refractivity (Wildman–Crippen MR) is 134 cm³/mol. The minimum atomic E-state index is -4.86. The van der Waals surface area contributed by atoms with E-state index in [2.05, 4.69) is 15.1 Å². The van der Waals surface area contributed by atoms with Gasteiger partial charge in [-0.25, -0.2) is 0 Å². The molecule has 1 heterocycles. The Bertz CT molecular complexity index is 994. The number of benzene rings is 2. The molecular formula is C28H35F6N3O. The van der Waals surface area contributed by atoms with Crippen molar-refractivity contribution >= 4 is 0 Å². The molecule has 2 aliphatic rings. The fraction of sp³-hybridized carbons (Fsp3) is 0.571. The van der Waals surface area contributed by atoms with Gasteiger partial charge >= 0.3 is 12.4 Å². The highest BCUT2D eigenvalue weighted by atomic mass is 19.4. The molecule has 10 heteroatoms. The number of piperazine rings is 1. The Labute approximate surface area is 219 Å². The van der Waals surface area contributed by atoms with Crippen LogP contribution in [0, 0.1) is 0 Å². The molecule has 4 rings (SSSR count). The summed E-state index contributed by atoms with van der Waals surface area (Å²) < 4.78 is 84.9. The first-order valence-electron chi connectivity index (χ1n) is 13.2. The van der Waals surface area contributed by atoms with E-state index in [9.17, 15) is 26.3 Å². The molecule has 0 amide bonds. The summed E-state index contributed by atoms with van der Waals surface area (Å²) in [5.41, 5.74) is -1.63. The average molecular weight is 544 g/mol. The number of hydrogen-bond donors (Lipinski definition) is 1. The van der Waals surface area contributed by atoms with Gasteiger partial charge in [-0.1, -0.05) is 31.4 Å². The van der Waals surface area contributed by atoms with Crippen molar-refractivity contribution < 1.29 is 31.1 Å². The van der Waals surface area contributed by atoms with E-state index >= 15 is 0 Å². The molecule has 1 aliphatic heterocycles. The number of nitrogens with zero attached hydrogens (tertiary/aromatic N) is 2. The van der Waals surface area contributed by atoms with E-state index in [1.807, 2.05) is 24.3 Å². The molecule has 0 bridgehead atoms. The van der Waals surface area contributed by atoms with Crippen molar-refractivity contribution in [2.75, 3.05) is 39.8 Å². The summed E-state index contributed by atoms with van der Waals surface area (Å²) >= 11 is 0. The summed E-state index contributed by atoms with van der Waals surface area (Å²) in [7, 11) is 1.59. The van der Waals surface area contributed by atoms with Gasteiger partial charge in [-0.05, 0) is 54.3 Å². The van der Waals surface area contributed by atoms with Gasteiger partial charge in [-0.2, -0.15) is 26.3 Å². The summed E-state index contributed by atoms with van der Waals surface area (Å²) in [6.07, 6.45) is -3.40. The molecule has 38 heavy (non-hydrogen) atoms. The second kappa shape index (κ2) is 12.3. The topological polar surface area (TPSA) is 27.7 Å². The zero-order chi connectivity index (χ0) is 27.3. The summed E-state index contributed by atoms with van der Waals surface area (Å²) in [4.78, 5) is 4.91. The molecule has 4 nitrogen and oxygen atoms in total. The summed E-state index contributed by atoms with van der Waals surface area (Å²) in [6.45, 7) is 3.85. The zero-order valence-electron chi connectivity index (χ0n) is 21.5. The van der Waals surface area contributed by atoms with Gasteiger partial charge < -0.3 is 10.1 Å². The van der Waals surface area contributed by atoms with Crippen LogP contribution >= 0.6 is 0 Å². The van der Waals surface area contributed by atoms with E-state index in [0.717, 1.165) is 43.9 Å². The number of ether oxygens (including phenoxy) is 1. The lowest BCUT2D eigenvalue weighted by Gasteiger charge is -2.43. The predicted octanol–water partition coefficient (Wildman–Crippen LogP) is 6.51. The Kier molecular flexibility index (Phi) is 9.26. The van der Waals surface area contributed by atoms with Crippen molar-refractivity contribution in [2.45, 2.75) is 63.1 Å². The third-order valence-corrected chi connectivity index (χ3v) is 7.70. The Balaban J connectivity index is 1.47. The van der Waals surface area contributed by atoms with Crippen LogP contribution in [0.1, 0.15) is 60.4 Å². The van der Waals surface area contributed by atoms with E-state index in [4.69, 9.17) is 4.74 Å². The van der Waals surface area contributed by atoms with Gasteiger partial charge in [0.2, 0.25) is 0 Å². The van der Waals surface area contributed by atoms with Crippen LogP contribution < -0.4 is 10.1 Å². The lowest BCUT2D eigenvalue weighted by atomic mass is 9.93. The number of halogens is 6. The van der Waals surface area contributed by atoms with Crippen LogP contribution in [-0.2, 0) is 18.9 Å². The molecule has 1 atom stereocenters. The molecule has 2 aromatic carbocycles. The lowest BCUT2D eigenvalue weighted by Crippen LogP contribution is -2.52. The minimum Gasteiger partial charge on any atom is -0.497 e. The third kappa shape index (κ3) is 7.42.